The quantitative estimate of drug-likeness (QED) is 0.579. The van der Waals surface area contributed by atoms with Gasteiger partial charge in [0.1, 0.15) is 9.75 Å². The molecule has 2 fully saturated rings. The Morgan fingerprint density at radius 2 is 1.12 bits per heavy atom. The van der Waals surface area contributed by atoms with Crippen LogP contribution in [-0.2, 0) is 0 Å². The van der Waals surface area contributed by atoms with Crippen molar-refractivity contribution in [2.75, 3.05) is 0 Å². The van der Waals surface area contributed by atoms with Crippen molar-refractivity contribution < 1.29 is 19.8 Å². The molecular formula is C16H20Cl2N2O4S2. The Hall–Kier alpha value is -1.16. The molecule has 26 heavy (non-hydrogen) atoms. The van der Waals surface area contributed by atoms with E-state index in [1.54, 1.807) is 12.1 Å². The van der Waals surface area contributed by atoms with Gasteiger partial charge in [0.25, 0.3) is 0 Å². The molecule has 2 aromatic rings. The minimum absolute atomic E-state index is 0. The van der Waals surface area contributed by atoms with Gasteiger partial charge in [-0.3, -0.25) is 0 Å². The van der Waals surface area contributed by atoms with Crippen LogP contribution in [0, 0.1) is 0 Å². The molecule has 10 heteroatoms. The number of hydrogen-bond donors (Lipinski definition) is 4. The number of carbonyl (C=O) groups is 2. The summed E-state index contributed by atoms with van der Waals surface area (Å²) in [6.07, 6.45) is 2.00. The lowest BCUT2D eigenvalue weighted by Crippen LogP contribution is -1.99. The molecule has 6 nitrogen and oxygen atoms in total. The van der Waals surface area contributed by atoms with Crippen molar-refractivity contribution >= 4 is 59.4 Å². The summed E-state index contributed by atoms with van der Waals surface area (Å²) >= 11 is 2.67. The predicted octanol–water partition coefficient (Wildman–Crippen LogP) is 3.37. The topological polar surface area (TPSA) is 127 Å². The summed E-state index contributed by atoms with van der Waals surface area (Å²) < 4.78 is 0. The minimum atomic E-state index is -0.847. The van der Waals surface area contributed by atoms with E-state index >= 15 is 0 Å². The van der Waals surface area contributed by atoms with Crippen LogP contribution in [0.2, 0.25) is 0 Å². The van der Waals surface area contributed by atoms with E-state index < -0.39 is 11.9 Å². The Balaban J connectivity index is 0.000000241. The van der Waals surface area contributed by atoms with Crippen molar-refractivity contribution in [3.05, 3.63) is 43.8 Å². The average Bonchev–Trinajstić information content (AvgIpc) is 3.29. The second-order valence-corrected chi connectivity index (χ2v) is 8.26. The van der Waals surface area contributed by atoms with E-state index in [2.05, 4.69) is 0 Å². The summed E-state index contributed by atoms with van der Waals surface area (Å²) in [5.74, 6) is -0.854. The van der Waals surface area contributed by atoms with Gasteiger partial charge in [0.2, 0.25) is 0 Å². The lowest BCUT2D eigenvalue weighted by atomic mass is 10.3. The zero-order valence-corrected chi connectivity index (χ0v) is 16.8. The van der Waals surface area contributed by atoms with E-state index in [1.807, 2.05) is 12.1 Å². The van der Waals surface area contributed by atoms with E-state index in [4.69, 9.17) is 21.7 Å². The second kappa shape index (κ2) is 9.16. The number of rotatable bonds is 4. The minimum Gasteiger partial charge on any atom is -0.477 e. The van der Waals surface area contributed by atoms with Crippen molar-refractivity contribution in [3.63, 3.8) is 0 Å². The lowest BCUT2D eigenvalue weighted by Gasteiger charge is -1.88. The molecule has 144 valence electrons. The van der Waals surface area contributed by atoms with Gasteiger partial charge in [0, 0.05) is 33.7 Å². The van der Waals surface area contributed by atoms with Crippen LogP contribution in [0.15, 0.2) is 24.3 Å². The van der Waals surface area contributed by atoms with Crippen LogP contribution >= 0.6 is 47.5 Å². The lowest BCUT2D eigenvalue weighted by molar-refractivity contribution is 0.0691. The summed E-state index contributed by atoms with van der Waals surface area (Å²) in [4.78, 5) is 24.1. The summed E-state index contributed by atoms with van der Waals surface area (Å²) in [5, 5.41) is 17.3. The van der Waals surface area contributed by atoms with E-state index in [9.17, 15) is 9.59 Å². The van der Waals surface area contributed by atoms with Crippen LogP contribution in [0.5, 0.6) is 0 Å². The number of aromatic carboxylic acids is 2. The number of carboxylic acid groups (broad SMARTS) is 2. The molecule has 0 spiro atoms. The molecule has 2 saturated carbocycles. The zero-order chi connectivity index (χ0) is 17.4. The van der Waals surface area contributed by atoms with Crippen molar-refractivity contribution in [2.24, 2.45) is 11.5 Å². The average molecular weight is 439 g/mol. The molecular weight excluding hydrogens is 419 g/mol. The SMILES string of the molecule is Cl.Cl.N[C@@H]1C[C@H]1c1ccc(C(=O)O)s1.N[C@H]1C[C@@H]1c1ccc(C(=O)O)s1. The van der Waals surface area contributed by atoms with Gasteiger partial charge in [0.05, 0.1) is 0 Å². The zero-order valence-electron chi connectivity index (χ0n) is 13.5. The van der Waals surface area contributed by atoms with Gasteiger partial charge in [-0.25, -0.2) is 9.59 Å². The van der Waals surface area contributed by atoms with Crippen LogP contribution in [0.4, 0.5) is 0 Å². The largest absolute Gasteiger partial charge is 0.477 e. The maximum atomic E-state index is 10.5. The summed E-state index contributed by atoms with van der Waals surface area (Å²) in [6, 6.07) is 7.54. The van der Waals surface area contributed by atoms with Crippen LogP contribution in [0.1, 0.15) is 53.8 Å². The first-order chi connectivity index (χ1) is 11.4. The Labute approximate surface area is 171 Å². The molecule has 0 aliphatic heterocycles. The van der Waals surface area contributed by atoms with Gasteiger partial charge in [-0.05, 0) is 37.1 Å². The first-order valence-corrected chi connectivity index (χ1v) is 9.17. The highest BCUT2D eigenvalue weighted by atomic mass is 35.5. The van der Waals surface area contributed by atoms with E-state index in [0.29, 0.717) is 21.6 Å². The second-order valence-electron chi connectivity index (χ2n) is 6.03. The van der Waals surface area contributed by atoms with Crippen molar-refractivity contribution in [1.29, 1.82) is 0 Å². The fourth-order valence-corrected chi connectivity index (χ4v) is 4.49. The number of carboxylic acids is 2. The molecule has 4 rings (SSSR count). The van der Waals surface area contributed by atoms with Gasteiger partial charge in [-0.1, -0.05) is 0 Å². The van der Waals surface area contributed by atoms with Crippen LogP contribution in [0.3, 0.4) is 0 Å². The standard InChI is InChI=1S/2C8H9NO2S.2ClH/c2*9-5-3-4(5)6-1-2-7(12-6)8(10)11;;/h2*1-2,4-5H,3,9H2,(H,10,11);2*1H/t2*4-,5-;;/m10../s1. The summed E-state index contributed by atoms with van der Waals surface area (Å²) in [5.41, 5.74) is 11.3. The third-order valence-corrected chi connectivity index (χ3v) is 6.50. The first kappa shape index (κ1) is 22.9. The molecule has 2 aliphatic carbocycles. The number of hydrogen-bond acceptors (Lipinski definition) is 6. The van der Waals surface area contributed by atoms with Gasteiger partial charge < -0.3 is 21.7 Å². The summed E-state index contributed by atoms with van der Waals surface area (Å²) in [6.45, 7) is 0. The Morgan fingerprint density at radius 1 is 0.808 bits per heavy atom. The molecule has 6 N–H and O–H groups in total. The number of halogens is 2. The monoisotopic (exact) mass is 438 g/mol. The highest BCUT2D eigenvalue weighted by Crippen LogP contribution is 2.42. The van der Waals surface area contributed by atoms with E-state index in [0.717, 1.165) is 22.6 Å². The van der Waals surface area contributed by atoms with Crippen molar-refractivity contribution in [1.82, 2.24) is 0 Å². The van der Waals surface area contributed by atoms with Gasteiger partial charge in [-0.15, -0.1) is 47.5 Å². The maximum absolute atomic E-state index is 10.5. The van der Waals surface area contributed by atoms with Crippen LogP contribution in [0.25, 0.3) is 0 Å². The van der Waals surface area contributed by atoms with Gasteiger partial charge in [0.15, 0.2) is 0 Å². The molecule has 0 amide bonds. The fraction of sp³-hybridized carbons (Fsp3) is 0.375. The van der Waals surface area contributed by atoms with Crippen LogP contribution in [-0.4, -0.2) is 34.2 Å². The third-order valence-electron chi connectivity index (χ3n) is 4.09. The Morgan fingerprint density at radius 3 is 1.31 bits per heavy atom. The molecule has 2 aromatic heterocycles. The fourth-order valence-electron chi connectivity index (χ4n) is 2.42. The Bertz CT molecular complexity index is 716. The highest BCUT2D eigenvalue weighted by Gasteiger charge is 2.36. The molecule has 0 bridgehead atoms. The molecule has 0 unspecified atom stereocenters. The molecule has 0 radical (unpaired) electrons. The van der Waals surface area contributed by atoms with E-state index in [-0.39, 0.29) is 36.9 Å². The molecule has 0 saturated heterocycles. The summed E-state index contributed by atoms with van der Waals surface area (Å²) in [7, 11) is 0. The molecule has 4 atom stereocenters. The first-order valence-electron chi connectivity index (χ1n) is 7.54. The maximum Gasteiger partial charge on any atom is 0.345 e. The number of nitrogens with two attached hydrogens (primary N) is 2. The predicted molar refractivity (Wildman–Crippen MR) is 108 cm³/mol. The molecule has 0 aromatic carbocycles. The van der Waals surface area contributed by atoms with Crippen LogP contribution < -0.4 is 11.5 Å². The number of thiophene rings is 2. The smallest absolute Gasteiger partial charge is 0.345 e. The third kappa shape index (κ3) is 5.42. The van der Waals surface area contributed by atoms with Gasteiger partial charge >= 0.3 is 11.9 Å². The molecule has 2 aliphatic rings. The van der Waals surface area contributed by atoms with E-state index in [1.165, 1.54) is 22.7 Å². The molecule has 2 heterocycles. The van der Waals surface area contributed by atoms with Crippen molar-refractivity contribution in [2.45, 2.75) is 36.8 Å². The Kier molecular flexibility index (Phi) is 8.06. The normalized spacial score (nSPS) is 25.0. The van der Waals surface area contributed by atoms with Crippen molar-refractivity contribution in [3.8, 4) is 0 Å². The van der Waals surface area contributed by atoms with Gasteiger partial charge in [-0.2, -0.15) is 0 Å². The highest BCUT2D eigenvalue weighted by molar-refractivity contribution is 7.14.